The second kappa shape index (κ2) is 7.01. The van der Waals surface area contributed by atoms with Crippen LogP contribution in [0.15, 0.2) is 18.2 Å². The smallest absolute Gasteiger partial charge is 0.254 e. The number of amides is 2. The minimum Gasteiger partial charge on any atom is -0.490 e. The van der Waals surface area contributed by atoms with Crippen molar-refractivity contribution >= 4 is 11.8 Å². The first-order valence-electron chi connectivity index (χ1n) is 9.26. The van der Waals surface area contributed by atoms with Gasteiger partial charge in [-0.2, -0.15) is 0 Å². The number of rotatable bonds is 2. The molecular formula is C19H25N3O5. The van der Waals surface area contributed by atoms with E-state index in [1.54, 1.807) is 30.1 Å². The number of likely N-dealkylation sites (N-methyl/N-ethyl adjacent to an activating group) is 2. The quantitative estimate of drug-likeness (QED) is 0.791. The van der Waals surface area contributed by atoms with Gasteiger partial charge in [0, 0.05) is 25.6 Å². The van der Waals surface area contributed by atoms with Gasteiger partial charge in [0.1, 0.15) is 11.6 Å². The van der Waals surface area contributed by atoms with Gasteiger partial charge in [0.25, 0.3) is 5.91 Å². The third-order valence-corrected chi connectivity index (χ3v) is 5.41. The van der Waals surface area contributed by atoms with E-state index >= 15 is 0 Å². The van der Waals surface area contributed by atoms with Crippen LogP contribution in [-0.4, -0.2) is 86.8 Å². The van der Waals surface area contributed by atoms with Crippen LogP contribution in [0.25, 0.3) is 0 Å². The number of hydrogen-bond donors (Lipinski definition) is 1. The van der Waals surface area contributed by atoms with E-state index in [2.05, 4.69) is 5.32 Å². The topological polar surface area (TPSA) is 80.3 Å². The molecule has 4 rings (SSSR count). The number of benzene rings is 1. The first-order valence-corrected chi connectivity index (χ1v) is 9.26. The fourth-order valence-electron chi connectivity index (χ4n) is 3.90. The van der Waals surface area contributed by atoms with Crippen molar-refractivity contribution in [3.8, 4) is 11.5 Å². The Balaban J connectivity index is 1.39. The number of morpholine rings is 1. The van der Waals surface area contributed by atoms with Crippen LogP contribution in [0.5, 0.6) is 11.5 Å². The zero-order valence-corrected chi connectivity index (χ0v) is 15.7. The van der Waals surface area contributed by atoms with Gasteiger partial charge in [0.15, 0.2) is 11.5 Å². The van der Waals surface area contributed by atoms with Crippen LogP contribution >= 0.6 is 0 Å². The van der Waals surface area contributed by atoms with Gasteiger partial charge in [-0.1, -0.05) is 0 Å². The maximum absolute atomic E-state index is 12.8. The van der Waals surface area contributed by atoms with E-state index < -0.39 is 0 Å². The molecule has 0 aromatic heterocycles. The Hall–Kier alpha value is -2.32. The zero-order valence-electron chi connectivity index (χ0n) is 15.7. The largest absolute Gasteiger partial charge is 0.490 e. The second-order valence-electron chi connectivity index (χ2n) is 7.41. The van der Waals surface area contributed by atoms with Crippen LogP contribution in [0.4, 0.5) is 0 Å². The summed E-state index contributed by atoms with van der Waals surface area (Å²) in [5.74, 6) is 1.21. The monoisotopic (exact) mass is 375 g/mol. The summed E-state index contributed by atoms with van der Waals surface area (Å²) in [5, 5.41) is 2.66. The second-order valence-corrected chi connectivity index (χ2v) is 7.41. The van der Waals surface area contributed by atoms with Crippen molar-refractivity contribution in [2.75, 3.05) is 53.6 Å². The van der Waals surface area contributed by atoms with Gasteiger partial charge in [0.2, 0.25) is 5.91 Å². The van der Waals surface area contributed by atoms with Gasteiger partial charge in [-0.3, -0.25) is 14.5 Å². The van der Waals surface area contributed by atoms with Crippen LogP contribution in [0.3, 0.4) is 0 Å². The minimum absolute atomic E-state index is 0.0454. The molecule has 1 spiro atoms. The van der Waals surface area contributed by atoms with E-state index in [4.69, 9.17) is 14.2 Å². The number of nitrogens with zero attached hydrogens (tertiary/aromatic N) is 2. The fraction of sp³-hybridized carbons (Fsp3) is 0.579. The average molecular weight is 375 g/mol. The lowest BCUT2D eigenvalue weighted by molar-refractivity contribution is -0.187. The number of carbonyl (C=O) groups is 2. The molecule has 27 heavy (non-hydrogen) atoms. The highest BCUT2D eigenvalue weighted by molar-refractivity contribution is 5.95. The molecule has 1 aromatic rings. The van der Waals surface area contributed by atoms with Crippen molar-refractivity contribution in [1.29, 1.82) is 0 Å². The van der Waals surface area contributed by atoms with Crippen molar-refractivity contribution in [2.24, 2.45) is 0 Å². The summed E-state index contributed by atoms with van der Waals surface area (Å²) < 4.78 is 17.3. The predicted molar refractivity (Wildman–Crippen MR) is 97.1 cm³/mol. The lowest BCUT2D eigenvalue weighted by Crippen LogP contribution is -2.73. The van der Waals surface area contributed by atoms with Crippen LogP contribution in [0.2, 0.25) is 0 Å². The van der Waals surface area contributed by atoms with Crippen molar-refractivity contribution < 1.29 is 23.8 Å². The Morgan fingerprint density at radius 3 is 2.59 bits per heavy atom. The van der Waals surface area contributed by atoms with Gasteiger partial charge in [-0.25, -0.2) is 0 Å². The van der Waals surface area contributed by atoms with E-state index in [0.717, 1.165) is 6.42 Å². The third kappa shape index (κ3) is 3.35. The van der Waals surface area contributed by atoms with Crippen LogP contribution in [0.1, 0.15) is 16.8 Å². The average Bonchev–Trinajstić information content (AvgIpc) is 2.89. The lowest BCUT2D eigenvalue weighted by atomic mass is 9.90. The molecule has 0 radical (unpaired) electrons. The molecule has 2 saturated heterocycles. The molecule has 146 valence electrons. The molecule has 2 fully saturated rings. The summed E-state index contributed by atoms with van der Waals surface area (Å²) in [6, 6.07) is 5.04. The highest BCUT2D eigenvalue weighted by atomic mass is 16.5. The van der Waals surface area contributed by atoms with E-state index in [-0.39, 0.29) is 23.5 Å². The molecule has 0 bridgehead atoms. The number of nitrogens with one attached hydrogen (secondary N) is 1. The molecule has 0 saturated carbocycles. The van der Waals surface area contributed by atoms with E-state index in [9.17, 15) is 9.59 Å². The molecule has 8 heteroatoms. The molecule has 1 N–H and O–H groups in total. The van der Waals surface area contributed by atoms with Crippen molar-refractivity contribution in [3.05, 3.63) is 23.8 Å². The third-order valence-electron chi connectivity index (χ3n) is 5.41. The molecule has 2 amide bonds. The maximum atomic E-state index is 12.8. The zero-order chi connectivity index (χ0) is 19.0. The van der Waals surface area contributed by atoms with Gasteiger partial charge in [0.05, 0.1) is 32.9 Å². The van der Waals surface area contributed by atoms with Gasteiger partial charge in [-0.15, -0.1) is 0 Å². The summed E-state index contributed by atoms with van der Waals surface area (Å²) in [7, 11) is 3.54. The Bertz CT molecular complexity index is 747. The van der Waals surface area contributed by atoms with Gasteiger partial charge in [-0.05, 0) is 25.2 Å². The number of carbonyl (C=O) groups excluding carboxylic acids is 2. The normalized spacial score (nSPS) is 24.1. The first kappa shape index (κ1) is 18.1. The SMILES string of the molecule is CNC(=O)[C@H]1COC2(CN(C(=O)c3ccc4c(c3)OCCCO4)C2)CN1C. The molecule has 3 aliphatic rings. The maximum Gasteiger partial charge on any atom is 0.254 e. The minimum atomic E-state index is -0.389. The summed E-state index contributed by atoms with van der Waals surface area (Å²) in [4.78, 5) is 28.5. The predicted octanol–water partition coefficient (Wildman–Crippen LogP) is 0.119. The first-order chi connectivity index (χ1) is 13.0. The molecular weight excluding hydrogens is 350 g/mol. The molecule has 3 heterocycles. The van der Waals surface area contributed by atoms with E-state index in [1.165, 1.54) is 0 Å². The number of hydrogen-bond acceptors (Lipinski definition) is 6. The summed E-state index contributed by atoms with van der Waals surface area (Å²) in [6.45, 7) is 3.20. The van der Waals surface area contributed by atoms with Crippen molar-refractivity contribution in [2.45, 2.75) is 18.1 Å². The molecule has 3 aliphatic heterocycles. The lowest BCUT2D eigenvalue weighted by Gasteiger charge is -2.54. The van der Waals surface area contributed by atoms with Crippen molar-refractivity contribution in [1.82, 2.24) is 15.1 Å². The molecule has 8 nitrogen and oxygen atoms in total. The van der Waals surface area contributed by atoms with Crippen LogP contribution in [-0.2, 0) is 9.53 Å². The van der Waals surface area contributed by atoms with Crippen LogP contribution < -0.4 is 14.8 Å². The molecule has 1 atom stereocenters. The number of ether oxygens (including phenoxy) is 3. The summed E-state index contributed by atoms with van der Waals surface area (Å²) in [5.41, 5.74) is 0.196. The van der Waals surface area contributed by atoms with Gasteiger partial charge >= 0.3 is 0 Å². The van der Waals surface area contributed by atoms with Gasteiger partial charge < -0.3 is 24.4 Å². The molecule has 1 aromatic carbocycles. The number of fused-ring (bicyclic) bond motifs is 1. The summed E-state index contributed by atoms with van der Waals surface area (Å²) >= 11 is 0. The Morgan fingerprint density at radius 1 is 1.15 bits per heavy atom. The molecule has 0 unspecified atom stereocenters. The number of likely N-dealkylation sites (tertiary alicyclic amines) is 1. The van der Waals surface area contributed by atoms with Crippen LogP contribution in [0, 0.1) is 0 Å². The Labute approximate surface area is 158 Å². The Kier molecular flexibility index (Phi) is 4.69. The fourth-order valence-corrected chi connectivity index (χ4v) is 3.90. The Morgan fingerprint density at radius 2 is 1.89 bits per heavy atom. The van der Waals surface area contributed by atoms with Crippen molar-refractivity contribution in [3.63, 3.8) is 0 Å². The highest BCUT2D eigenvalue weighted by Crippen LogP contribution is 2.34. The van der Waals surface area contributed by atoms with E-state index in [0.29, 0.717) is 56.5 Å². The summed E-state index contributed by atoms with van der Waals surface area (Å²) in [6.07, 6.45) is 0.828. The standard InChI is InChI=1S/C19H25N3O5/c1-20-17(23)14-9-27-19(10-21(14)2)11-22(12-19)18(24)13-4-5-15-16(8-13)26-7-3-6-25-15/h4-5,8,14H,3,6-7,9-12H2,1-2H3,(H,20,23)/t14-/m1/s1. The highest BCUT2D eigenvalue weighted by Gasteiger charge is 2.51. The van der Waals surface area contributed by atoms with E-state index in [1.807, 2.05) is 11.9 Å². The molecule has 0 aliphatic carbocycles.